The lowest BCUT2D eigenvalue weighted by Gasteiger charge is -2.29. The van der Waals surface area contributed by atoms with Gasteiger partial charge in [-0.05, 0) is 31.0 Å². The van der Waals surface area contributed by atoms with Crippen molar-refractivity contribution in [3.05, 3.63) is 52.0 Å². The number of anilines is 1. The number of halogens is 1. The number of amides is 1. The van der Waals surface area contributed by atoms with E-state index >= 15 is 0 Å². The summed E-state index contributed by atoms with van der Waals surface area (Å²) >= 11 is 1.56. The number of nitrogens with one attached hydrogen (secondary N) is 1. The number of aromatic nitrogens is 2. The molecule has 0 unspecified atom stereocenters. The number of hydrogen-bond acceptors (Lipinski definition) is 5. The predicted octanol–water partition coefficient (Wildman–Crippen LogP) is 3.17. The molecule has 0 spiro atoms. The van der Waals surface area contributed by atoms with Crippen LogP contribution in [-0.4, -0.2) is 41.6 Å². The number of carbonyl (C=O) groups is 1. The third-order valence-electron chi connectivity index (χ3n) is 4.88. The standard InChI is InChI=1S/C20H23FN4O2S/c1-3-16-18(25-12-13(2)28-20(25)23-16)19(26)22-11-14-4-5-17(15(21)10-14)24-6-8-27-9-7-24/h4-5,10,12H,3,6-9,11H2,1-2H3,(H,22,26). The van der Waals surface area contributed by atoms with Gasteiger partial charge in [0, 0.05) is 30.7 Å². The van der Waals surface area contributed by atoms with Crippen molar-refractivity contribution in [3.8, 4) is 0 Å². The molecule has 1 fully saturated rings. The molecule has 1 N–H and O–H groups in total. The first kappa shape index (κ1) is 18.9. The van der Waals surface area contributed by atoms with E-state index in [4.69, 9.17) is 4.74 Å². The minimum Gasteiger partial charge on any atom is -0.378 e. The molecule has 0 radical (unpaired) electrons. The molecule has 2 aromatic heterocycles. The summed E-state index contributed by atoms with van der Waals surface area (Å²) in [6, 6.07) is 5.13. The van der Waals surface area contributed by atoms with E-state index in [2.05, 4.69) is 10.3 Å². The Kier molecular flexibility index (Phi) is 5.32. The summed E-state index contributed by atoms with van der Waals surface area (Å²) in [6.07, 6.45) is 2.61. The van der Waals surface area contributed by atoms with Crippen LogP contribution in [0.25, 0.3) is 4.96 Å². The summed E-state index contributed by atoms with van der Waals surface area (Å²) in [5.41, 5.74) is 2.64. The van der Waals surface area contributed by atoms with Gasteiger partial charge in [0.05, 0.1) is 24.6 Å². The Balaban J connectivity index is 1.48. The normalized spacial score (nSPS) is 14.6. The fourth-order valence-electron chi connectivity index (χ4n) is 3.47. The number of thiazole rings is 1. The van der Waals surface area contributed by atoms with Crippen LogP contribution in [0.15, 0.2) is 24.4 Å². The van der Waals surface area contributed by atoms with Crippen LogP contribution >= 0.6 is 11.3 Å². The van der Waals surface area contributed by atoms with Crippen LogP contribution in [0.4, 0.5) is 10.1 Å². The van der Waals surface area contributed by atoms with E-state index in [0.717, 1.165) is 21.1 Å². The zero-order valence-corrected chi connectivity index (χ0v) is 16.8. The van der Waals surface area contributed by atoms with Gasteiger partial charge in [-0.25, -0.2) is 9.37 Å². The SMILES string of the molecule is CCc1nc2sc(C)cn2c1C(=O)NCc1ccc(N2CCOCC2)c(F)c1. The lowest BCUT2D eigenvalue weighted by atomic mass is 10.1. The molecule has 28 heavy (non-hydrogen) atoms. The number of morpholine rings is 1. The Morgan fingerprint density at radius 2 is 2.14 bits per heavy atom. The Hall–Kier alpha value is -2.45. The van der Waals surface area contributed by atoms with E-state index < -0.39 is 0 Å². The molecular weight excluding hydrogens is 379 g/mol. The van der Waals surface area contributed by atoms with Crippen molar-refractivity contribution in [1.82, 2.24) is 14.7 Å². The number of fused-ring (bicyclic) bond motifs is 1. The monoisotopic (exact) mass is 402 g/mol. The summed E-state index contributed by atoms with van der Waals surface area (Å²) in [6.45, 7) is 6.83. The largest absolute Gasteiger partial charge is 0.378 e. The Morgan fingerprint density at radius 3 is 2.86 bits per heavy atom. The fraction of sp³-hybridized carbons (Fsp3) is 0.400. The molecule has 1 saturated heterocycles. The van der Waals surface area contributed by atoms with E-state index in [0.29, 0.717) is 44.1 Å². The Morgan fingerprint density at radius 1 is 1.36 bits per heavy atom. The van der Waals surface area contributed by atoms with Crippen molar-refractivity contribution in [2.75, 3.05) is 31.2 Å². The summed E-state index contributed by atoms with van der Waals surface area (Å²) < 4.78 is 21.7. The third kappa shape index (κ3) is 3.62. The van der Waals surface area contributed by atoms with Crippen LogP contribution in [0.5, 0.6) is 0 Å². The fourth-order valence-corrected chi connectivity index (χ4v) is 4.32. The van der Waals surface area contributed by atoms with Crippen molar-refractivity contribution in [2.45, 2.75) is 26.8 Å². The lowest BCUT2D eigenvalue weighted by Crippen LogP contribution is -2.36. The average molecular weight is 402 g/mol. The van der Waals surface area contributed by atoms with Crippen LogP contribution in [0.3, 0.4) is 0 Å². The number of ether oxygens (including phenoxy) is 1. The van der Waals surface area contributed by atoms with Crippen molar-refractivity contribution in [2.24, 2.45) is 0 Å². The van der Waals surface area contributed by atoms with Crippen molar-refractivity contribution in [3.63, 3.8) is 0 Å². The number of nitrogens with zero attached hydrogens (tertiary/aromatic N) is 3. The molecule has 4 rings (SSSR count). The molecule has 0 aliphatic carbocycles. The molecule has 1 amide bonds. The summed E-state index contributed by atoms with van der Waals surface area (Å²) in [7, 11) is 0. The highest BCUT2D eigenvalue weighted by atomic mass is 32.1. The molecule has 0 bridgehead atoms. The first-order chi connectivity index (χ1) is 13.6. The summed E-state index contributed by atoms with van der Waals surface area (Å²) in [5.74, 6) is -0.470. The first-order valence-corrected chi connectivity index (χ1v) is 10.2. The molecule has 0 atom stereocenters. The first-order valence-electron chi connectivity index (χ1n) is 9.43. The van der Waals surface area contributed by atoms with Gasteiger partial charge in [-0.3, -0.25) is 9.20 Å². The van der Waals surface area contributed by atoms with Gasteiger partial charge in [-0.2, -0.15) is 0 Å². The van der Waals surface area contributed by atoms with Crippen LogP contribution in [0.2, 0.25) is 0 Å². The van der Waals surface area contributed by atoms with E-state index in [9.17, 15) is 9.18 Å². The minimum absolute atomic E-state index is 0.195. The molecule has 6 nitrogen and oxygen atoms in total. The van der Waals surface area contributed by atoms with Crippen LogP contribution in [-0.2, 0) is 17.7 Å². The minimum atomic E-state index is -0.275. The number of carbonyl (C=O) groups excluding carboxylic acids is 1. The van der Waals surface area contributed by atoms with Crippen molar-refractivity contribution < 1.29 is 13.9 Å². The van der Waals surface area contributed by atoms with E-state index in [1.165, 1.54) is 6.07 Å². The second-order valence-corrected chi connectivity index (χ2v) is 8.04. The number of imidazole rings is 1. The second kappa shape index (κ2) is 7.89. The summed E-state index contributed by atoms with van der Waals surface area (Å²) in [5, 5.41) is 2.91. The Bertz CT molecular complexity index is 1010. The maximum absolute atomic E-state index is 14.6. The molecule has 1 aromatic carbocycles. The number of hydrogen-bond donors (Lipinski definition) is 1. The van der Waals surface area contributed by atoms with E-state index in [1.54, 1.807) is 17.4 Å². The van der Waals surface area contributed by atoms with Gasteiger partial charge >= 0.3 is 0 Å². The smallest absolute Gasteiger partial charge is 0.270 e. The molecule has 1 aliphatic heterocycles. The molecule has 8 heteroatoms. The number of benzene rings is 1. The molecule has 1 aliphatic rings. The molecule has 3 heterocycles. The highest BCUT2D eigenvalue weighted by molar-refractivity contribution is 7.17. The number of rotatable bonds is 5. The van der Waals surface area contributed by atoms with Crippen LogP contribution < -0.4 is 10.2 Å². The van der Waals surface area contributed by atoms with Crippen molar-refractivity contribution in [1.29, 1.82) is 0 Å². The maximum atomic E-state index is 14.6. The molecule has 3 aromatic rings. The van der Waals surface area contributed by atoms with Gasteiger partial charge in [-0.15, -0.1) is 11.3 Å². The zero-order valence-electron chi connectivity index (χ0n) is 16.0. The van der Waals surface area contributed by atoms with Gasteiger partial charge in [0.25, 0.3) is 5.91 Å². The topological polar surface area (TPSA) is 58.9 Å². The maximum Gasteiger partial charge on any atom is 0.270 e. The highest BCUT2D eigenvalue weighted by Gasteiger charge is 2.20. The number of aryl methyl sites for hydroxylation is 2. The predicted molar refractivity (Wildman–Crippen MR) is 108 cm³/mol. The zero-order chi connectivity index (χ0) is 19.7. The van der Waals surface area contributed by atoms with Gasteiger partial charge in [0.2, 0.25) is 0 Å². The summed E-state index contributed by atoms with van der Waals surface area (Å²) in [4.78, 5) is 21.2. The van der Waals surface area contributed by atoms with E-state index in [-0.39, 0.29) is 18.3 Å². The van der Waals surface area contributed by atoms with Gasteiger partial charge in [0.15, 0.2) is 4.96 Å². The van der Waals surface area contributed by atoms with Gasteiger partial charge < -0.3 is 15.0 Å². The van der Waals surface area contributed by atoms with Gasteiger partial charge in [-0.1, -0.05) is 13.0 Å². The van der Waals surface area contributed by atoms with Crippen LogP contribution in [0.1, 0.15) is 33.5 Å². The molecular formula is C20H23FN4O2S. The van der Waals surface area contributed by atoms with Crippen molar-refractivity contribution >= 4 is 27.9 Å². The van der Waals surface area contributed by atoms with Crippen LogP contribution in [0, 0.1) is 12.7 Å². The Labute approximate surface area is 166 Å². The second-order valence-electron chi connectivity index (χ2n) is 6.82. The van der Waals surface area contributed by atoms with Gasteiger partial charge in [0.1, 0.15) is 11.5 Å². The molecule has 0 saturated carbocycles. The van der Waals surface area contributed by atoms with E-state index in [1.807, 2.05) is 35.4 Å². The average Bonchev–Trinajstić information content (AvgIpc) is 3.22. The highest BCUT2D eigenvalue weighted by Crippen LogP contribution is 2.23. The third-order valence-corrected chi connectivity index (χ3v) is 5.78. The lowest BCUT2D eigenvalue weighted by molar-refractivity contribution is 0.0944. The molecule has 148 valence electrons. The quantitative estimate of drug-likeness (QED) is 0.712.